The lowest BCUT2D eigenvalue weighted by molar-refractivity contribution is 0.627. The molecule has 2 aromatic rings. The summed E-state index contributed by atoms with van der Waals surface area (Å²) in [5.74, 6) is 1.26. The van der Waals surface area contributed by atoms with Gasteiger partial charge in [0.25, 0.3) is 0 Å². The first-order valence-corrected chi connectivity index (χ1v) is 6.60. The molecule has 0 saturated carbocycles. The number of benzene rings is 1. The van der Waals surface area contributed by atoms with Gasteiger partial charge < -0.3 is 10.3 Å². The summed E-state index contributed by atoms with van der Waals surface area (Å²) in [5.41, 5.74) is 7.57. The van der Waals surface area contributed by atoms with Crippen molar-refractivity contribution in [3.8, 4) is 11.3 Å². The molecule has 2 rings (SSSR count). The molecule has 1 aromatic carbocycles. The van der Waals surface area contributed by atoms with Crippen molar-refractivity contribution < 1.29 is 4.39 Å². The standard InChI is InChI=1S/C13H15BrFN3/c1-3-4-11-17-12(13(16)18(11)2)9-6-5-8(15)7-10(9)14/h5-7H,3-4,16H2,1-2H3. The third kappa shape index (κ3) is 2.27. The van der Waals surface area contributed by atoms with E-state index >= 15 is 0 Å². The van der Waals surface area contributed by atoms with Crippen molar-refractivity contribution in [2.75, 3.05) is 5.73 Å². The van der Waals surface area contributed by atoms with Crippen molar-refractivity contribution in [3.63, 3.8) is 0 Å². The van der Waals surface area contributed by atoms with Gasteiger partial charge in [-0.15, -0.1) is 0 Å². The van der Waals surface area contributed by atoms with Crippen molar-refractivity contribution in [1.82, 2.24) is 9.55 Å². The fourth-order valence-electron chi connectivity index (χ4n) is 1.89. The van der Waals surface area contributed by atoms with E-state index in [4.69, 9.17) is 5.73 Å². The van der Waals surface area contributed by atoms with Gasteiger partial charge in [0.15, 0.2) is 0 Å². The Morgan fingerprint density at radius 3 is 2.78 bits per heavy atom. The van der Waals surface area contributed by atoms with Crippen molar-refractivity contribution in [1.29, 1.82) is 0 Å². The van der Waals surface area contributed by atoms with Crippen LogP contribution in [0.25, 0.3) is 11.3 Å². The maximum atomic E-state index is 13.1. The maximum Gasteiger partial charge on any atom is 0.131 e. The van der Waals surface area contributed by atoms with E-state index in [1.165, 1.54) is 12.1 Å². The second-order valence-electron chi connectivity index (χ2n) is 4.20. The third-order valence-corrected chi connectivity index (χ3v) is 3.55. The predicted octanol–water partition coefficient (Wildman–Crippen LogP) is 3.52. The second-order valence-corrected chi connectivity index (χ2v) is 5.05. The van der Waals surface area contributed by atoms with Gasteiger partial charge in [-0.2, -0.15) is 0 Å². The fourth-order valence-corrected chi connectivity index (χ4v) is 2.42. The maximum absolute atomic E-state index is 13.1. The van der Waals surface area contributed by atoms with E-state index in [1.807, 2.05) is 11.6 Å². The molecule has 0 atom stereocenters. The summed E-state index contributed by atoms with van der Waals surface area (Å²) in [6, 6.07) is 4.52. The van der Waals surface area contributed by atoms with Crippen LogP contribution in [0.5, 0.6) is 0 Å². The number of nitrogen functional groups attached to an aromatic ring is 1. The SMILES string of the molecule is CCCc1nc(-c2ccc(F)cc2Br)c(N)n1C. The Bertz CT molecular complexity index is 578. The number of hydrogen-bond donors (Lipinski definition) is 1. The number of rotatable bonds is 3. The van der Waals surface area contributed by atoms with E-state index in [0.717, 1.165) is 24.2 Å². The van der Waals surface area contributed by atoms with E-state index < -0.39 is 0 Å². The second kappa shape index (κ2) is 5.10. The molecule has 1 aromatic heterocycles. The molecule has 2 N–H and O–H groups in total. The molecule has 0 amide bonds. The number of halogens is 2. The van der Waals surface area contributed by atoms with Crippen LogP contribution >= 0.6 is 15.9 Å². The molecule has 3 nitrogen and oxygen atoms in total. The number of anilines is 1. The fraction of sp³-hybridized carbons (Fsp3) is 0.308. The Balaban J connectivity index is 2.53. The first-order valence-electron chi connectivity index (χ1n) is 5.81. The number of nitrogens with two attached hydrogens (primary N) is 1. The molecular formula is C13H15BrFN3. The number of aryl methyl sites for hydroxylation is 1. The highest BCUT2D eigenvalue weighted by Crippen LogP contribution is 2.32. The molecule has 0 unspecified atom stereocenters. The van der Waals surface area contributed by atoms with Gasteiger partial charge in [-0.05, 0) is 40.5 Å². The largest absolute Gasteiger partial charge is 0.383 e. The summed E-state index contributed by atoms with van der Waals surface area (Å²) >= 11 is 3.35. The van der Waals surface area contributed by atoms with Gasteiger partial charge in [0, 0.05) is 23.5 Å². The summed E-state index contributed by atoms with van der Waals surface area (Å²) in [6.45, 7) is 2.10. The van der Waals surface area contributed by atoms with Crippen molar-refractivity contribution in [2.24, 2.45) is 7.05 Å². The minimum atomic E-state index is -0.283. The summed E-state index contributed by atoms with van der Waals surface area (Å²) in [5, 5.41) is 0. The molecule has 0 aliphatic carbocycles. The van der Waals surface area contributed by atoms with Crippen LogP contribution in [0.2, 0.25) is 0 Å². The Hall–Kier alpha value is -1.36. The van der Waals surface area contributed by atoms with E-state index in [1.54, 1.807) is 6.07 Å². The Morgan fingerprint density at radius 2 is 2.17 bits per heavy atom. The van der Waals surface area contributed by atoms with Crippen LogP contribution < -0.4 is 5.73 Å². The Kier molecular flexibility index (Phi) is 3.71. The van der Waals surface area contributed by atoms with E-state index in [0.29, 0.717) is 16.0 Å². The lowest BCUT2D eigenvalue weighted by Crippen LogP contribution is -2.01. The zero-order valence-corrected chi connectivity index (χ0v) is 12.0. The molecule has 0 spiro atoms. The van der Waals surface area contributed by atoms with E-state index in [2.05, 4.69) is 27.8 Å². The van der Waals surface area contributed by atoms with Gasteiger partial charge >= 0.3 is 0 Å². The summed E-state index contributed by atoms with van der Waals surface area (Å²) in [6.07, 6.45) is 1.88. The van der Waals surface area contributed by atoms with Crippen LogP contribution in [0.4, 0.5) is 10.2 Å². The molecule has 0 radical (unpaired) electrons. The smallest absolute Gasteiger partial charge is 0.131 e. The van der Waals surface area contributed by atoms with Crippen molar-refractivity contribution >= 4 is 21.7 Å². The summed E-state index contributed by atoms with van der Waals surface area (Å²) < 4.78 is 15.6. The lowest BCUT2D eigenvalue weighted by Gasteiger charge is -2.03. The van der Waals surface area contributed by atoms with Crippen LogP contribution in [0.15, 0.2) is 22.7 Å². The highest BCUT2D eigenvalue weighted by Gasteiger charge is 2.15. The number of nitrogens with zero attached hydrogens (tertiary/aromatic N) is 2. The van der Waals surface area contributed by atoms with Gasteiger partial charge in [-0.3, -0.25) is 0 Å². The zero-order chi connectivity index (χ0) is 13.3. The quantitative estimate of drug-likeness (QED) is 0.942. The van der Waals surface area contributed by atoms with Gasteiger partial charge in [0.1, 0.15) is 23.2 Å². The van der Waals surface area contributed by atoms with Crippen molar-refractivity contribution in [2.45, 2.75) is 19.8 Å². The summed E-state index contributed by atoms with van der Waals surface area (Å²) in [7, 11) is 1.90. The highest BCUT2D eigenvalue weighted by atomic mass is 79.9. The topological polar surface area (TPSA) is 43.8 Å². The average molecular weight is 312 g/mol. The number of hydrogen-bond acceptors (Lipinski definition) is 2. The molecule has 0 fully saturated rings. The normalized spacial score (nSPS) is 10.9. The van der Waals surface area contributed by atoms with Gasteiger partial charge in [0.05, 0.1) is 0 Å². The van der Waals surface area contributed by atoms with E-state index in [-0.39, 0.29) is 5.82 Å². The van der Waals surface area contributed by atoms with Gasteiger partial charge in [0.2, 0.25) is 0 Å². The zero-order valence-electron chi connectivity index (χ0n) is 10.4. The molecule has 18 heavy (non-hydrogen) atoms. The molecule has 5 heteroatoms. The first kappa shape index (κ1) is 13.1. The molecule has 0 bridgehead atoms. The van der Waals surface area contributed by atoms with Crippen LogP contribution in [-0.2, 0) is 13.5 Å². The van der Waals surface area contributed by atoms with Crippen LogP contribution in [0.3, 0.4) is 0 Å². The molecule has 0 saturated heterocycles. The molecular weight excluding hydrogens is 297 g/mol. The molecule has 0 aliphatic rings. The van der Waals surface area contributed by atoms with Crippen LogP contribution in [0, 0.1) is 5.82 Å². The van der Waals surface area contributed by atoms with Crippen LogP contribution in [-0.4, -0.2) is 9.55 Å². The number of imidazole rings is 1. The Labute approximate surface area is 114 Å². The monoisotopic (exact) mass is 311 g/mol. The Morgan fingerprint density at radius 1 is 1.44 bits per heavy atom. The van der Waals surface area contributed by atoms with Crippen LogP contribution in [0.1, 0.15) is 19.2 Å². The molecule has 0 aliphatic heterocycles. The minimum absolute atomic E-state index is 0.283. The average Bonchev–Trinajstić information content (AvgIpc) is 2.58. The van der Waals surface area contributed by atoms with Gasteiger partial charge in [-0.25, -0.2) is 9.37 Å². The number of aromatic nitrogens is 2. The lowest BCUT2D eigenvalue weighted by atomic mass is 10.1. The van der Waals surface area contributed by atoms with Gasteiger partial charge in [-0.1, -0.05) is 6.92 Å². The summed E-state index contributed by atoms with van der Waals surface area (Å²) in [4.78, 5) is 4.55. The van der Waals surface area contributed by atoms with E-state index in [9.17, 15) is 4.39 Å². The highest BCUT2D eigenvalue weighted by molar-refractivity contribution is 9.10. The first-order chi connectivity index (χ1) is 8.54. The molecule has 1 heterocycles. The minimum Gasteiger partial charge on any atom is -0.383 e. The third-order valence-electron chi connectivity index (χ3n) is 2.89. The molecule has 96 valence electrons. The predicted molar refractivity (Wildman–Crippen MR) is 74.7 cm³/mol. The van der Waals surface area contributed by atoms with Crippen molar-refractivity contribution in [3.05, 3.63) is 34.3 Å².